The molecule has 0 radical (unpaired) electrons. The van der Waals surface area contributed by atoms with Gasteiger partial charge in [0.15, 0.2) is 10.9 Å². The van der Waals surface area contributed by atoms with Crippen molar-refractivity contribution in [2.75, 3.05) is 14.2 Å². The van der Waals surface area contributed by atoms with Gasteiger partial charge in [0.1, 0.15) is 11.5 Å². The van der Waals surface area contributed by atoms with Gasteiger partial charge < -0.3 is 19.6 Å². The van der Waals surface area contributed by atoms with Crippen LogP contribution in [0.3, 0.4) is 0 Å². The second-order valence-electron chi connectivity index (χ2n) is 9.84. The standard InChI is InChI=1S/C17H19N3O3S.C16H14O3/c1-10-8-18-15(11(2)16(10)23-4)9-24(21)17-19-13-6-5-12(22-3)7-14(13)20-17;1-11(16(18)19)13-8-5-9-14(10-13)15(17)12-6-3-2-4-7-12/h5-8H,9H2,1-4H3,(H,19,20);2-11H,1H3,(H,18,19). The molecule has 3 aromatic carbocycles. The number of hydrogen-bond donors (Lipinski definition) is 2. The predicted octanol–water partition coefficient (Wildman–Crippen LogP) is 6.01. The number of carbonyl (C=O) groups excluding carboxylic acids is 1. The molecule has 222 valence electrons. The van der Waals surface area contributed by atoms with Crippen LogP contribution in [0.15, 0.2) is 84.1 Å². The number of ether oxygens (including phenoxy) is 2. The second-order valence-corrected chi connectivity index (χ2v) is 11.2. The molecule has 2 aromatic heterocycles. The zero-order valence-electron chi connectivity index (χ0n) is 24.6. The molecule has 0 amide bonds. The minimum Gasteiger partial charge on any atom is -0.497 e. The van der Waals surface area contributed by atoms with Crippen LogP contribution in [-0.2, 0) is 21.3 Å². The molecule has 0 bridgehead atoms. The minimum atomic E-state index is -1.33. The quantitative estimate of drug-likeness (QED) is 0.197. The van der Waals surface area contributed by atoms with Crippen LogP contribution in [-0.4, -0.2) is 50.2 Å². The van der Waals surface area contributed by atoms with Gasteiger partial charge in [0.25, 0.3) is 0 Å². The van der Waals surface area contributed by atoms with Gasteiger partial charge in [-0.25, -0.2) is 4.98 Å². The molecule has 2 atom stereocenters. The van der Waals surface area contributed by atoms with Crippen molar-refractivity contribution in [3.63, 3.8) is 0 Å². The van der Waals surface area contributed by atoms with Crippen molar-refractivity contribution in [1.29, 1.82) is 0 Å². The Hall–Kier alpha value is -4.83. The first-order valence-electron chi connectivity index (χ1n) is 13.5. The molecular weight excluding hydrogens is 566 g/mol. The maximum atomic E-state index is 12.7. The number of ketones is 1. The lowest BCUT2D eigenvalue weighted by Gasteiger charge is -2.11. The lowest BCUT2D eigenvalue weighted by molar-refractivity contribution is -0.138. The van der Waals surface area contributed by atoms with Gasteiger partial charge in [-0.1, -0.05) is 48.5 Å². The summed E-state index contributed by atoms with van der Waals surface area (Å²) in [6.45, 7) is 5.47. The van der Waals surface area contributed by atoms with Crippen LogP contribution in [0.4, 0.5) is 0 Å². The van der Waals surface area contributed by atoms with Crippen LogP contribution in [0.5, 0.6) is 11.5 Å². The molecule has 0 fully saturated rings. The third-order valence-corrected chi connectivity index (χ3v) is 8.12. The van der Waals surface area contributed by atoms with E-state index in [0.717, 1.165) is 39.4 Å². The highest BCUT2D eigenvalue weighted by molar-refractivity contribution is 7.84. The van der Waals surface area contributed by atoms with Crippen molar-refractivity contribution >= 4 is 33.6 Å². The smallest absolute Gasteiger partial charge is 0.310 e. The third kappa shape index (κ3) is 7.34. The Morgan fingerprint density at radius 3 is 2.35 bits per heavy atom. The lowest BCUT2D eigenvalue weighted by Crippen LogP contribution is -2.09. The molecular formula is C33H33N3O6S. The van der Waals surface area contributed by atoms with Gasteiger partial charge >= 0.3 is 5.97 Å². The molecule has 2 N–H and O–H groups in total. The number of carboxylic acids is 1. The number of carbonyl (C=O) groups is 2. The summed E-state index contributed by atoms with van der Waals surface area (Å²) in [5.41, 5.74) is 5.90. The third-order valence-electron chi connectivity index (χ3n) is 6.96. The monoisotopic (exact) mass is 599 g/mol. The first-order chi connectivity index (χ1) is 20.6. The van der Waals surface area contributed by atoms with Gasteiger partial charge in [0.05, 0.1) is 53.4 Å². The number of aryl methyl sites for hydroxylation is 1. The van der Waals surface area contributed by atoms with E-state index in [1.54, 1.807) is 75.9 Å². The summed E-state index contributed by atoms with van der Waals surface area (Å²) in [4.78, 5) is 35.1. The Labute approximate surface area is 252 Å². The molecule has 5 rings (SSSR count). The number of benzene rings is 3. The van der Waals surface area contributed by atoms with Gasteiger partial charge in [-0.2, -0.15) is 0 Å². The van der Waals surface area contributed by atoms with Crippen molar-refractivity contribution in [2.24, 2.45) is 0 Å². The number of rotatable bonds is 9. The summed E-state index contributed by atoms with van der Waals surface area (Å²) < 4.78 is 23.3. The molecule has 5 aromatic rings. The summed E-state index contributed by atoms with van der Waals surface area (Å²) in [5, 5.41) is 9.43. The summed E-state index contributed by atoms with van der Waals surface area (Å²) in [7, 11) is 1.91. The number of aromatic amines is 1. The summed E-state index contributed by atoms with van der Waals surface area (Å²) >= 11 is 0. The van der Waals surface area contributed by atoms with Gasteiger partial charge in [-0.3, -0.25) is 18.8 Å². The number of methoxy groups -OCH3 is 2. The molecule has 10 heteroatoms. The van der Waals surface area contributed by atoms with Crippen molar-refractivity contribution in [2.45, 2.75) is 37.6 Å². The van der Waals surface area contributed by atoms with Gasteiger partial charge in [-0.05, 0) is 44.5 Å². The Balaban J connectivity index is 0.000000203. The Kier molecular flexibility index (Phi) is 10.0. The highest BCUT2D eigenvalue weighted by atomic mass is 32.2. The zero-order chi connectivity index (χ0) is 31.1. The maximum Gasteiger partial charge on any atom is 0.310 e. The second kappa shape index (κ2) is 13.9. The Morgan fingerprint density at radius 1 is 0.953 bits per heavy atom. The summed E-state index contributed by atoms with van der Waals surface area (Å²) in [6.07, 6.45) is 1.74. The van der Waals surface area contributed by atoms with E-state index in [1.807, 2.05) is 38.1 Å². The van der Waals surface area contributed by atoms with Crippen LogP contribution in [0.1, 0.15) is 51.1 Å². The van der Waals surface area contributed by atoms with Gasteiger partial charge in [0.2, 0.25) is 0 Å². The minimum absolute atomic E-state index is 0.0972. The Bertz CT molecular complexity index is 1780. The van der Waals surface area contributed by atoms with E-state index in [-0.39, 0.29) is 11.5 Å². The van der Waals surface area contributed by atoms with Crippen LogP contribution in [0.25, 0.3) is 11.0 Å². The number of hydrogen-bond acceptors (Lipinski definition) is 7. The first kappa shape index (κ1) is 31.1. The largest absolute Gasteiger partial charge is 0.497 e. The van der Waals surface area contributed by atoms with E-state index in [2.05, 4.69) is 15.0 Å². The van der Waals surface area contributed by atoms with Crippen molar-refractivity contribution in [3.8, 4) is 11.5 Å². The number of aliphatic carboxylic acids is 1. The number of aromatic nitrogens is 3. The Morgan fingerprint density at radius 2 is 1.67 bits per heavy atom. The van der Waals surface area contributed by atoms with E-state index >= 15 is 0 Å². The van der Waals surface area contributed by atoms with Gasteiger partial charge in [0, 0.05) is 34.5 Å². The zero-order valence-corrected chi connectivity index (χ0v) is 25.4. The molecule has 0 aliphatic rings. The van der Waals surface area contributed by atoms with E-state index in [4.69, 9.17) is 14.6 Å². The average Bonchev–Trinajstić information content (AvgIpc) is 3.46. The normalized spacial score (nSPS) is 12.1. The predicted molar refractivity (Wildman–Crippen MR) is 165 cm³/mol. The molecule has 0 saturated heterocycles. The fraction of sp³-hybridized carbons (Fsp3) is 0.212. The fourth-order valence-electron chi connectivity index (χ4n) is 4.46. The van der Waals surface area contributed by atoms with Crippen LogP contribution in [0.2, 0.25) is 0 Å². The molecule has 2 unspecified atom stereocenters. The van der Waals surface area contributed by atoms with Crippen molar-refractivity contribution < 1.29 is 28.4 Å². The fourth-order valence-corrected chi connectivity index (χ4v) is 5.56. The van der Waals surface area contributed by atoms with Gasteiger partial charge in [-0.15, -0.1) is 0 Å². The van der Waals surface area contributed by atoms with E-state index in [9.17, 15) is 13.8 Å². The van der Waals surface area contributed by atoms with E-state index in [1.165, 1.54) is 0 Å². The number of fused-ring (bicyclic) bond motifs is 1. The van der Waals surface area contributed by atoms with Crippen LogP contribution < -0.4 is 9.47 Å². The molecule has 0 aliphatic carbocycles. The summed E-state index contributed by atoms with van der Waals surface area (Å²) in [6, 6.07) is 21.2. The molecule has 0 spiro atoms. The molecule has 0 saturated carbocycles. The van der Waals surface area contributed by atoms with Crippen LogP contribution in [0, 0.1) is 13.8 Å². The highest BCUT2D eigenvalue weighted by Gasteiger charge is 2.17. The van der Waals surface area contributed by atoms with Crippen LogP contribution >= 0.6 is 0 Å². The molecule has 9 nitrogen and oxygen atoms in total. The summed E-state index contributed by atoms with van der Waals surface area (Å²) in [5.74, 6) is 0.169. The van der Waals surface area contributed by atoms with Crippen molar-refractivity contribution in [1.82, 2.24) is 15.0 Å². The molecule has 43 heavy (non-hydrogen) atoms. The topological polar surface area (TPSA) is 131 Å². The first-order valence-corrected chi connectivity index (χ1v) is 14.8. The van der Waals surface area contributed by atoms with E-state index < -0.39 is 22.7 Å². The highest BCUT2D eigenvalue weighted by Crippen LogP contribution is 2.26. The van der Waals surface area contributed by atoms with Crippen molar-refractivity contribution in [3.05, 3.63) is 113 Å². The number of imidazole rings is 1. The molecule has 0 aliphatic heterocycles. The number of nitrogens with zero attached hydrogens (tertiary/aromatic N) is 2. The average molecular weight is 600 g/mol. The molecule has 2 heterocycles. The van der Waals surface area contributed by atoms with E-state index in [0.29, 0.717) is 21.8 Å². The lowest BCUT2D eigenvalue weighted by atomic mass is 9.96. The SMILES string of the molecule is CC(C(=O)O)c1cccc(C(=O)c2ccccc2)c1.COc1ccc2nc(S(=O)Cc3ncc(C)c(OC)c3C)[nH]c2c1. The maximum absolute atomic E-state index is 12.7. The number of carboxylic acid groups (broad SMARTS) is 1. The number of H-pyrrole nitrogens is 1. The number of nitrogens with one attached hydrogen (secondary N) is 1. The number of pyridine rings is 1.